The summed E-state index contributed by atoms with van der Waals surface area (Å²) in [5, 5.41) is 4.02. The fourth-order valence-electron chi connectivity index (χ4n) is 4.29. The molecule has 2 aliphatic heterocycles. The van der Waals surface area contributed by atoms with E-state index in [-0.39, 0.29) is 0 Å². The maximum Gasteiger partial charge on any atom is 0.231 e. The van der Waals surface area contributed by atoms with E-state index in [1.54, 1.807) is 0 Å². The minimum absolute atomic E-state index is 0.317. The first-order valence-electron chi connectivity index (χ1n) is 7.81. The van der Waals surface area contributed by atoms with E-state index in [4.69, 9.17) is 4.52 Å². The molecule has 4 rings (SSSR count). The molecule has 2 saturated heterocycles. The standard InChI is InChI=1S/C17H21N3O/c1-11-18-17(21-19-11)16-14(12-6-4-3-5-7-12)10-13-8-9-15(16)20(13)2/h3-7,13-16H,8-10H2,1-2H3/t13-,14-,15?,16?/m1/s1. The third kappa shape index (κ3) is 2.09. The molecule has 110 valence electrons. The predicted molar refractivity (Wildman–Crippen MR) is 80.1 cm³/mol. The van der Waals surface area contributed by atoms with Gasteiger partial charge in [-0.2, -0.15) is 4.98 Å². The van der Waals surface area contributed by atoms with Crippen molar-refractivity contribution in [3.63, 3.8) is 0 Å². The van der Waals surface area contributed by atoms with Gasteiger partial charge in [0, 0.05) is 12.1 Å². The highest BCUT2D eigenvalue weighted by Crippen LogP contribution is 2.50. The van der Waals surface area contributed by atoms with Crippen LogP contribution in [0.3, 0.4) is 0 Å². The van der Waals surface area contributed by atoms with Gasteiger partial charge in [0.05, 0.1) is 5.92 Å². The maximum absolute atomic E-state index is 5.57. The molecule has 0 saturated carbocycles. The molecule has 2 aromatic rings. The first-order valence-corrected chi connectivity index (χ1v) is 7.81. The second-order valence-corrected chi connectivity index (χ2v) is 6.42. The summed E-state index contributed by atoms with van der Waals surface area (Å²) >= 11 is 0. The van der Waals surface area contributed by atoms with E-state index in [0.717, 1.165) is 11.7 Å². The van der Waals surface area contributed by atoms with Gasteiger partial charge in [-0.25, -0.2) is 0 Å². The lowest BCUT2D eigenvalue weighted by atomic mass is 9.76. The minimum atomic E-state index is 0.317. The second kappa shape index (κ2) is 4.95. The third-order valence-corrected chi connectivity index (χ3v) is 5.32. The molecule has 2 fully saturated rings. The number of hydrogen-bond donors (Lipinski definition) is 0. The summed E-state index contributed by atoms with van der Waals surface area (Å²) in [6, 6.07) is 12.0. The van der Waals surface area contributed by atoms with E-state index >= 15 is 0 Å². The maximum atomic E-state index is 5.57. The average molecular weight is 283 g/mol. The van der Waals surface area contributed by atoms with Crippen molar-refractivity contribution in [2.45, 2.75) is 50.1 Å². The number of piperidine rings is 1. The van der Waals surface area contributed by atoms with Crippen molar-refractivity contribution in [2.75, 3.05) is 7.05 Å². The van der Waals surface area contributed by atoms with Gasteiger partial charge in [-0.1, -0.05) is 35.5 Å². The molecule has 1 aromatic carbocycles. The van der Waals surface area contributed by atoms with Crippen LogP contribution in [-0.2, 0) is 0 Å². The van der Waals surface area contributed by atoms with Gasteiger partial charge in [0.1, 0.15) is 0 Å². The Morgan fingerprint density at radius 2 is 2.00 bits per heavy atom. The molecule has 4 heteroatoms. The normalized spacial score (nSPS) is 32.5. The first-order chi connectivity index (χ1) is 10.2. The van der Waals surface area contributed by atoms with Gasteiger partial charge in [0.15, 0.2) is 5.82 Å². The minimum Gasteiger partial charge on any atom is -0.339 e. The van der Waals surface area contributed by atoms with Crippen molar-refractivity contribution >= 4 is 0 Å². The Morgan fingerprint density at radius 1 is 1.19 bits per heavy atom. The summed E-state index contributed by atoms with van der Waals surface area (Å²) in [6.45, 7) is 1.90. The van der Waals surface area contributed by atoms with E-state index in [1.165, 1.54) is 24.8 Å². The van der Waals surface area contributed by atoms with E-state index in [9.17, 15) is 0 Å². The summed E-state index contributed by atoms with van der Waals surface area (Å²) in [4.78, 5) is 7.09. The Balaban J connectivity index is 1.77. The largest absolute Gasteiger partial charge is 0.339 e. The lowest BCUT2D eigenvalue weighted by molar-refractivity contribution is 0.120. The lowest BCUT2D eigenvalue weighted by Gasteiger charge is -2.41. The monoisotopic (exact) mass is 283 g/mol. The first kappa shape index (κ1) is 13.0. The highest BCUT2D eigenvalue weighted by Gasteiger charge is 2.48. The summed E-state index contributed by atoms with van der Waals surface area (Å²) in [7, 11) is 2.25. The van der Waals surface area contributed by atoms with Crippen LogP contribution >= 0.6 is 0 Å². The zero-order valence-electron chi connectivity index (χ0n) is 12.6. The summed E-state index contributed by atoms with van der Waals surface area (Å²) < 4.78 is 5.57. The van der Waals surface area contributed by atoms with Crippen LogP contribution in [0.5, 0.6) is 0 Å². The molecular formula is C17H21N3O. The van der Waals surface area contributed by atoms with Gasteiger partial charge >= 0.3 is 0 Å². The van der Waals surface area contributed by atoms with Gasteiger partial charge in [-0.3, -0.25) is 4.90 Å². The topological polar surface area (TPSA) is 42.2 Å². The Bertz CT molecular complexity index is 624. The number of rotatable bonds is 2. The summed E-state index contributed by atoms with van der Waals surface area (Å²) in [5.74, 6) is 2.36. The molecule has 0 spiro atoms. The fraction of sp³-hybridized carbons (Fsp3) is 0.529. The SMILES string of the molecule is Cc1noc(C2C3CC[C@H](C[C@@H]2c2ccccc2)N3C)n1. The molecule has 3 heterocycles. The molecule has 0 aliphatic carbocycles. The Morgan fingerprint density at radius 3 is 2.71 bits per heavy atom. The van der Waals surface area contributed by atoms with Crippen molar-refractivity contribution < 1.29 is 4.52 Å². The number of benzene rings is 1. The van der Waals surface area contributed by atoms with Crippen molar-refractivity contribution in [2.24, 2.45) is 0 Å². The molecule has 0 N–H and O–H groups in total. The Labute approximate surface area is 125 Å². The highest BCUT2D eigenvalue weighted by molar-refractivity contribution is 5.27. The summed E-state index contributed by atoms with van der Waals surface area (Å²) in [5.41, 5.74) is 1.41. The smallest absolute Gasteiger partial charge is 0.231 e. The van der Waals surface area contributed by atoms with E-state index in [0.29, 0.717) is 23.9 Å². The van der Waals surface area contributed by atoms with Gasteiger partial charge in [-0.05, 0) is 44.7 Å². The Hall–Kier alpha value is -1.68. The number of hydrogen-bond acceptors (Lipinski definition) is 4. The number of nitrogens with zero attached hydrogens (tertiary/aromatic N) is 3. The zero-order valence-corrected chi connectivity index (χ0v) is 12.6. The van der Waals surface area contributed by atoms with Crippen LogP contribution in [0.1, 0.15) is 48.4 Å². The molecule has 0 radical (unpaired) electrons. The molecule has 2 aliphatic rings. The predicted octanol–water partition coefficient (Wildman–Crippen LogP) is 3.11. The number of aryl methyl sites for hydroxylation is 1. The van der Waals surface area contributed by atoms with E-state index in [2.05, 4.69) is 52.4 Å². The number of aromatic nitrogens is 2. The van der Waals surface area contributed by atoms with E-state index < -0.39 is 0 Å². The second-order valence-electron chi connectivity index (χ2n) is 6.42. The molecule has 2 bridgehead atoms. The van der Waals surface area contributed by atoms with Crippen LogP contribution in [0.2, 0.25) is 0 Å². The fourth-order valence-corrected chi connectivity index (χ4v) is 4.29. The molecule has 21 heavy (non-hydrogen) atoms. The molecule has 2 unspecified atom stereocenters. The van der Waals surface area contributed by atoms with Crippen LogP contribution in [0, 0.1) is 6.92 Å². The van der Waals surface area contributed by atoms with Crippen molar-refractivity contribution in [1.29, 1.82) is 0 Å². The lowest BCUT2D eigenvalue weighted by Crippen LogP contribution is -2.44. The molecular weight excluding hydrogens is 262 g/mol. The zero-order chi connectivity index (χ0) is 14.4. The summed E-state index contributed by atoms with van der Waals surface area (Å²) in [6.07, 6.45) is 3.70. The Kier molecular flexibility index (Phi) is 3.07. The number of likely N-dealkylation sites (N-methyl/N-ethyl adjacent to an activating group) is 1. The molecule has 4 atom stereocenters. The van der Waals surface area contributed by atoms with Crippen molar-refractivity contribution in [3.8, 4) is 0 Å². The third-order valence-electron chi connectivity index (χ3n) is 5.32. The van der Waals surface area contributed by atoms with Crippen LogP contribution < -0.4 is 0 Å². The highest BCUT2D eigenvalue weighted by atomic mass is 16.5. The van der Waals surface area contributed by atoms with Crippen LogP contribution in [0.25, 0.3) is 0 Å². The van der Waals surface area contributed by atoms with Gasteiger partial charge in [0.2, 0.25) is 5.89 Å². The van der Waals surface area contributed by atoms with Gasteiger partial charge < -0.3 is 4.52 Å². The van der Waals surface area contributed by atoms with Gasteiger partial charge in [0.25, 0.3) is 0 Å². The average Bonchev–Trinajstić information content (AvgIpc) is 3.01. The van der Waals surface area contributed by atoms with Crippen LogP contribution in [-0.4, -0.2) is 34.2 Å². The molecule has 4 nitrogen and oxygen atoms in total. The van der Waals surface area contributed by atoms with Crippen LogP contribution in [0.4, 0.5) is 0 Å². The number of fused-ring (bicyclic) bond motifs is 2. The molecule has 0 amide bonds. The van der Waals surface area contributed by atoms with Crippen molar-refractivity contribution in [1.82, 2.24) is 15.0 Å². The van der Waals surface area contributed by atoms with Crippen LogP contribution in [0.15, 0.2) is 34.9 Å². The van der Waals surface area contributed by atoms with Crippen molar-refractivity contribution in [3.05, 3.63) is 47.6 Å². The quantitative estimate of drug-likeness (QED) is 0.849. The molecule has 1 aromatic heterocycles. The van der Waals surface area contributed by atoms with E-state index in [1.807, 2.05) is 6.92 Å². The van der Waals surface area contributed by atoms with Gasteiger partial charge in [-0.15, -0.1) is 0 Å².